The highest BCUT2D eigenvalue weighted by atomic mass is 16.6. The van der Waals surface area contributed by atoms with E-state index < -0.39 is 23.4 Å². The molecule has 3 rings (SSSR count). The lowest BCUT2D eigenvalue weighted by Gasteiger charge is -2.20. The van der Waals surface area contributed by atoms with Crippen LogP contribution in [0.3, 0.4) is 0 Å². The van der Waals surface area contributed by atoms with Gasteiger partial charge < -0.3 is 47.4 Å². The van der Waals surface area contributed by atoms with Crippen molar-refractivity contribution in [1.82, 2.24) is 0 Å². The van der Waals surface area contributed by atoms with Gasteiger partial charge in [-0.2, -0.15) is 0 Å². The summed E-state index contributed by atoms with van der Waals surface area (Å²) < 4.78 is 56.9. The molecule has 0 aliphatic carbocycles. The quantitative estimate of drug-likeness (QED) is 0.403. The van der Waals surface area contributed by atoms with Crippen molar-refractivity contribution in [2.24, 2.45) is 0 Å². The number of carbonyl (C=O) groups excluding carboxylic acids is 2. The van der Waals surface area contributed by atoms with Crippen molar-refractivity contribution in [3.63, 3.8) is 0 Å². The Hall–Kier alpha value is -3.98. The number of amides is 2. The second-order valence-electron chi connectivity index (χ2n) is 12.4. The first-order valence-corrected chi connectivity index (χ1v) is 16.0. The number of anilines is 2. The van der Waals surface area contributed by atoms with Crippen LogP contribution in [0.2, 0.25) is 0 Å². The van der Waals surface area contributed by atoms with Crippen molar-refractivity contribution in [2.45, 2.75) is 52.7 Å². The molecule has 2 aromatic carbocycles. The summed E-state index contributed by atoms with van der Waals surface area (Å²) in [6, 6.07) is 10.2. The number of hydrogen-bond donors (Lipinski definition) is 2. The number of fused-ring (bicyclic) bond motifs is 2. The summed E-state index contributed by atoms with van der Waals surface area (Å²) in [6.07, 6.45) is -1.15. The lowest BCUT2D eigenvalue weighted by atomic mass is 10.2. The van der Waals surface area contributed by atoms with Gasteiger partial charge in [0.05, 0.1) is 52.9 Å². The van der Waals surface area contributed by atoms with Crippen LogP contribution in [0.15, 0.2) is 36.4 Å². The zero-order valence-electron chi connectivity index (χ0n) is 28.8. The second kappa shape index (κ2) is 19.7. The first-order chi connectivity index (χ1) is 22.9. The Kier molecular flexibility index (Phi) is 15.8. The fourth-order valence-electron chi connectivity index (χ4n) is 3.96. The van der Waals surface area contributed by atoms with E-state index in [0.29, 0.717) is 87.2 Å². The van der Waals surface area contributed by atoms with Crippen LogP contribution in [-0.2, 0) is 28.4 Å². The van der Waals surface area contributed by atoms with Crippen LogP contribution < -0.4 is 29.6 Å². The van der Waals surface area contributed by atoms with Gasteiger partial charge in [-0.05, 0) is 65.8 Å². The molecule has 0 saturated carbocycles. The molecule has 1 aliphatic heterocycles. The molecular formula is C34H50N2O12. The third-order valence-corrected chi connectivity index (χ3v) is 5.86. The maximum absolute atomic E-state index is 12.3. The number of nitrogens with one attached hydrogen (secondary N) is 2. The van der Waals surface area contributed by atoms with E-state index in [-0.39, 0.29) is 26.4 Å². The van der Waals surface area contributed by atoms with Crippen LogP contribution in [0.25, 0.3) is 0 Å². The minimum Gasteiger partial charge on any atom is -0.487 e. The lowest BCUT2D eigenvalue weighted by Crippen LogP contribution is -2.27. The fourth-order valence-corrected chi connectivity index (χ4v) is 3.96. The fraction of sp³-hybridized carbons (Fsp3) is 0.588. The summed E-state index contributed by atoms with van der Waals surface area (Å²) in [5.41, 5.74) is -0.280. The summed E-state index contributed by atoms with van der Waals surface area (Å²) in [6.45, 7) is 14.4. The van der Waals surface area contributed by atoms with E-state index in [2.05, 4.69) is 10.6 Å². The second-order valence-corrected chi connectivity index (χ2v) is 12.4. The van der Waals surface area contributed by atoms with Crippen LogP contribution in [0, 0.1) is 0 Å². The van der Waals surface area contributed by atoms with E-state index in [1.54, 1.807) is 77.9 Å². The normalized spacial score (nSPS) is 16.5. The van der Waals surface area contributed by atoms with E-state index in [1.165, 1.54) is 0 Å². The molecule has 0 saturated heterocycles. The highest BCUT2D eigenvalue weighted by Gasteiger charge is 2.18. The van der Waals surface area contributed by atoms with Gasteiger partial charge in [-0.3, -0.25) is 10.6 Å². The molecule has 0 radical (unpaired) electrons. The van der Waals surface area contributed by atoms with Gasteiger partial charge in [0.25, 0.3) is 0 Å². The lowest BCUT2D eigenvalue weighted by molar-refractivity contribution is 0.0223. The molecule has 0 aromatic heterocycles. The van der Waals surface area contributed by atoms with Gasteiger partial charge in [0, 0.05) is 23.5 Å². The van der Waals surface area contributed by atoms with E-state index >= 15 is 0 Å². The first kappa shape index (κ1) is 38.5. The molecule has 0 unspecified atom stereocenters. The zero-order chi connectivity index (χ0) is 34.8. The molecule has 0 atom stereocenters. The van der Waals surface area contributed by atoms with E-state index in [4.69, 9.17) is 47.4 Å². The average molecular weight is 679 g/mol. The zero-order valence-corrected chi connectivity index (χ0v) is 28.8. The Morgan fingerprint density at radius 1 is 0.479 bits per heavy atom. The predicted octanol–water partition coefficient (Wildman–Crippen LogP) is 5.68. The highest BCUT2D eigenvalue weighted by molar-refractivity contribution is 5.86. The molecule has 2 N–H and O–H groups in total. The Balaban J connectivity index is 1.55. The molecule has 48 heavy (non-hydrogen) atoms. The number of ether oxygens (including phenoxy) is 10. The van der Waals surface area contributed by atoms with Crippen molar-refractivity contribution in [3.05, 3.63) is 36.4 Å². The summed E-state index contributed by atoms with van der Waals surface area (Å²) in [5, 5.41) is 5.42. The number of carbonyl (C=O) groups is 2. The monoisotopic (exact) mass is 678 g/mol. The van der Waals surface area contributed by atoms with Crippen LogP contribution in [-0.4, -0.2) is 103 Å². The first-order valence-electron chi connectivity index (χ1n) is 16.0. The van der Waals surface area contributed by atoms with Crippen LogP contribution in [0.4, 0.5) is 21.0 Å². The number of rotatable bonds is 2. The smallest absolute Gasteiger partial charge is 0.412 e. The third-order valence-electron chi connectivity index (χ3n) is 5.86. The van der Waals surface area contributed by atoms with Gasteiger partial charge in [0.1, 0.15) is 37.6 Å². The molecule has 2 aromatic rings. The Morgan fingerprint density at radius 3 is 1.08 bits per heavy atom. The van der Waals surface area contributed by atoms with E-state index in [0.717, 1.165) is 0 Å². The largest absolute Gasteiger partial charge is 0.487 e. The summed E-state index contributed by atoms with van der Waals surface area (Å²) >= 11 is 0. The topological polar surface area (TPSA) is 150 Å². The maximum Gasteiger partial charge on any atom is 0.412 e. The molecule has 14 nitrogen and oxygen atoms in total. The third kappa shape index (κ3) is 16.2. The number of hydrogen-bond acceptors (Lipinski definition) is 12. The summed E-state index contributed by atoms with van der Waals surface area (Å²) in [5.74, 6) is 1.85. The molecule has 1 aliphatic rings. The van der Waals surface area contributed by atoms with Crippen molar-refractivity contribution < 1.29 is 57.0 Å². The van der Waals surface area contributed by atoms with E-state index in [1.807, 2.05) is 0 Å². The molecule has 0 spiro atoms. The van der Waals surface area contributed by atoms with Crippen molar-refractivity contribution in [1.29, 1.82) is 0 Å². The van der Waals surface area contributed by atoms with Gasteiger partial charge in [0.15, 0.2) is 23.0 Å². The molecule has 1 heterocycles. The van der Waals surface area contributed by atoms with Gasteiger partial charge in [0.2, 0.25) is 0 Å². The SMILES string of the molecule is CC(C)(C)OC(=O)Nc1ccc2c(c1)OCCOCCOCCOc1cc(NC(=O)OC(C)(C)C)ccc1OCCOCCOCCO2. The van der Waals surface area contributed by atoms with Gasteiger partial charge >= 0.3 is 12.2 Å². The average Bonchev–Trinajstić information content (AvgIpc) is 2.98. The minimum atomic E-state index is -0.632. The summed E-state index contributed by atoms with van der Waals surface area (Å²) in [7, 11) is 0. The highest BCUT2D eigenvalue weighted by Crippen LogP contribution is 2.32. The Morgan fingerprint density at radius 2 is 0.771 bits per heavy atom. The van der Waals surface area contributed by atoms with Gasteiger partial charge in [-0.25, -0.2) is 9.59 Å². The summed E-state index contributed by atoms with van der Waals surface area (Å²) in [4.78, 5) is 24.5. The number of benzene rings is 2. The molecule has 0 fully saturated rings. The van der Waals surface area contributed by atoms with Gasteiger partial charge in [-0.1, -0.05) is 0 Å². The van der Waals surface area contributed by atoms with Crippen molar-refractivity contribution in [3.8, 4) is 23.0 Å². The maximum atomic E-state index is 12.3. The molecular weight excluding hydrogens is 628 g/mol. The standard InChI is InChI=1S/C34H50N2O12/c1-33(2,3)47-31(37)35-25-7-9-27-29(23-25)45-21-17-41-13-14-42-18-22-46-30-24-26(36-32(38)48-34(4,5)6)8-10-28(30)44-20-16-40-12-11-39-15-19-43-27/h7-10,23-24H,11-22H2,1-6H3,(H,35,37)(H,36,38). The van der Waals surface area contributed by atoms with E-state index in [9.17, 15) is 9.59 Å². The van der Waals surface area contributed by atoms with Crippen LogP contribution in [0.5, 0.6) is 23.0 Å². The predicted molar refractivity (Wildman–Crippen MR) is 178 cm³/mol. The molecule has 268 valence electrons. The van der Waals surface area contributed by atoms with Crippen molar-refractivity contribution >= 4 is 23.6 Å². The Bertz CT molecular complexity index is 1180. The molecule has 14 heteroatoms. The minimum absolute atomic E-state index is 0.236. The van der Waals surface area contributed by atoms with Crippen LogP contribution >= 0.6 is 0 Å². The Labute approximate surface area is 282 Å². The van der Waals surface area contributed by atoms with Gasteiger partial charge in [-0.15, -0.1) is 0 Å². The van der Waals surface area contributed by atoms with Crippen molar-refractivity contribution in [2.75, 3.05) is 89.9 Å². The molecule has 2 amide bonds. The van der Waals surface area contributed by atoms with Crippen LogP contribution in [0.1, 0.15) is 41.5 Å². The molecule has 0 bridgehead atoms.